The van der Waals surface area contributed by atoms with Gasteiger partial charge in [0, 0.05) is 6.54 Å². The van der Waals surface area contributed by atoms with Gasteiger partial charge in [0.25, 0.3) is 0 Å². The summed E-state index contributed by atoms with van der Waals surface area (Å²) in [5.41, 5.74) is 4.98. The van der Waals surface area contributed by atoms with Crippen molar-refractivity contribution in [3.8, 4) is 0 Å². The predicted molar refractivity (Wildman–Crippen MR) is 64.4 cm³/mol. The fourth-order valence-electron chi connectivity index (χ4n) is 2.07. The normalized spacial score (nSPS) is 19.5. The summed E-state index contributed by atoms with van der Waals surface area (Å²) in [6.07, 6.45) is 2.82. The zero-order chi connectivity index (χ0) is 13.1. The smallest absolute Gasteiger partial charge is 0.311 e. The van der Waals surface area contributed by atoms with Crippen LogP contribution in [0.4, 0.5) is 0 Å². The van der Waals surface area contributed by atoms with Crippen LogP contribution >= 0.6 is 0 Å². The molecule has 0 aromatic heterocycles. The fourth-order valence-corrected chi connectivity index (χ4v) is 2.07. The summed E-state index contributed by atoms with van der Waals surface area (Å²) in [7, 11) is 0. The monoisotopic (exact) mass is 242 g/mol. The summed E-state index contributed by atoms with van der Waals surface area (Å²) >= 11 is 0. The number of amides is 1. The van der Waals surface area contributed by atoms with Crippen LogP contribution in [-0.4, -0.2) is 29.6 Å². The first-order valence-corrected chi connectivity index (χ1v) is 6.14. The van der Waals surface area contributed by atoms with Crippen LogP contribution in [-0.2, 0) is 9.59 Å². The molecule has 0 aliphatic heterocycles. The van der Waals surface area contributed by atoms with E-state index < -0.39 is 17.4 Å². The molecule has 0 radical (unpaired) electrons. The van der Waals surface area contributed by atoms with Gasteiger partial charge in [-0.15, -0.1) is 0 Å². The second-order valence-electron chi connectivity index (χ2n) is 5.39. The van der Waals surface area contributed by atoms with E-state index in [9.17, 15) is 9.59 Å². The Hall–Kier alpha value is -1.10. The maximum Gasteiger partial charge on any atom is 0.311 e. The molecule has 0 spiro atoms. The van der Waals surface area contributed by atoms with Gasteiger partial charge in [-0.1, -0.05) is 20.3 Å². The molecular formula is C12H22N2O3. The number of aliphatic carboxylic acids is 1. The van der Waals surface area contributed by atoms with Crippen molar-refractivity contribution in [3.63, 3.8) is 0 Å². The molecule has 98 valence electrons. The highest BCUT2D eigenvalue weighted by atomic mass is 16.4. The van der Waals surface area contributed by atoms with E-state index in [2.05, 4.69) is 5.32 Å². The molecule has 1 atom stereocenters. The van der Waals surface area contributed by atoms with Gasteiger partial charge in [-0.05, 0) is 25.2 Å². The summed E-state index contributed by atoms with van der Waals surface area (Å²) in [4.78, 5) is 22.7. The maximum absolute atomic E-state index is 11.7. The molecule has 0 aromatic carbocycles. The molecule has 1 saturated carbocycles. The third-order valence-corrected chi connectivity index (χ3v) is 3.43. The quantitative estimate of drug-likeness (QED) is 0.640. The van der Waals surface area contributed by atoms with E-state index in [1.54, 1.807) is 0 Å². The Balaban J connectivity index is 2.39. The second kappa shape index (κ2) is 5.49. The average Bonchev–Trinajstić information content (AvgIpc) is 2.13. The number of carbonyl (C=O) groups excluding carboxylic acids is 1. The van der Waals surface area contributed by atoms with Gasteiger partial charge in [0.2, 0.25) is 5.91 Å². The minimum Gasteiger partial charge on any atom is -0.481 e. The van der Waals surface area contributed by atoms with E-state index in [-0.39, 0.29) is 12.5 Å². The molecule has 1 rings (SSSR count). The predicted octanol–water partition coefficient (Wildman–Crippen LogP) is 0.731. The molecule has 5 nitrogen and oxygen atoms in total. The Kier molecular flexibility index (Phi) is 4.51. The number of hydrogen-bond acceptors (Lipinski definition) is 3. The topological polar surface area (TPSA) is 92.4 Å². The van der Waals surface area contributed by atoms with Crippen molar-refractivity contribution in [1.29, 1.82) is 0 Å². The van der Waals surface area contributed by atoms with Crippen LogP contribution in [0.2, 0.25) is 0 Å². The number of carboxylic acid groups (broad SMARTS) is 1. The number of nitrogens with one attached hydrogen (secondary N) is 1. The standard InChI is InChI=1S/C12H22N2O3/c1-8(2)6-9(13)10(15)14-7-12(11(16)17)4-3-5-12/h8-9H,3-7,13H2,1-2H3,(H,14,15)(H,16,17)/t9-/m1/s1. The SMILES string of the molecule is CC(C)C[C@@H](N)C(=O)NCC1(C(=O)O)CCC1. The molecule has 0 heterocycles. The number of nitrogens with two attached hydrogens (primary N) is 1. The highest BCUT2D eigenvalue weighted by Crippen LogP contribution is 2.40. The Morgan fingerprint density at radius 3 is 2.35 bits per heavy atom. The summed E-state index contributed by atoms with van der Waals surface area (Å²) < 4.78 is 0. The van der Waals surface area contributed by atoms with Crippen molar-refractivity contribution >= 4 is 11.9 Å². The minimum atomic E-state index is -0.818. The molecule has 17 heavy (non-hydrogen) atoms. The van der Waals surface area contributed by atoms with Gasteiger partial charge in [0.15, 0.2) is 0 Å². The molecule has 4 N–H and O–H groups in total. The highest BCUT2D eigenvalue weighted by molar-refractivity contribution is 5.83. The molecule has 1 aliphatic carbocycles. The summed E-state index contributed by atoms with van der Waals surface area (Å²) in [5.74, 6) is -0.708. The van der Waals surface area contributed by atoms with E-state index >= 15 is 0 Å². The molecule has 0 bridgehead atoms. The van der Waals surface area contributed by atoms with Gasteiger partial charge in [-0.25, -0.2) is 0 Å². The Labute approximate surface area is 102 Å². The van der Waals surface area contributed by atoms with Gasteiger partial charge in [0.1, 0.15) is 0 Å². The maximum atomic E-state index is 11.7. The first kappa shape index (κ1) is 14.0. The molecular weight excluding hydrogens is 220 g/mol. The van der Waals surface area contributed by atoms with Crippen molar-refractivity contribution in [3.05, 3.63) is 0 Å². The molecule has 1 fully saturated rings. The van der Waals surface area contributed by atoms with Crippen molar-refractivity contribution in [2.75, 3.05) is 6.54 Å². The lowest BCUT2D eigenvalue weighted by molar-refractivity contribution is -0.154. The second-order valence-corrected chi connectivity index (χ2v) is 5.39. The van der Waals surface area contributed by atoms with E-state index in [1.807, 2.05) is 13.8 Å². The van der Waals surface area contributed by atoms with Crippen LogP contribution < -0.4 is 11.1 Å². The third-order valence-electron chi connectivity index (χ3n) is 3.43. The van der Waals surface area contributed by atoms with Crippen LogP contribution in [0, 0.1) is 11.3 Å². The van der Waals surface area contributed by atoms with Crippen LogP contribution in [0.3, 0.4) is 0 Å². The van der Waals surface area contributed by atoms with Crippen LogP contribution in [0.1, 0.15) is 39.5 Å². The number of rotatable bonds is 6. The van der Waals surface area contributed by atoms with Gasteiger partial charge in [-0.3, -0.25) is 9.59 Å². The minimum absolute atomic E-state index is 0.201. The van der Waals surface area contributed by atoms with Gasteiger partial charge < -0.3 is 16.2 Å². The molecule has 1 amide bonds. The number of carboxylic acids is 1. The van der Waals surface area contributed by atoms with E-state index in [0.717, 1.165) is 6.42 Å². The summed E-state index contributed by atoms with van der Waals surface area (Å²) in [6, 6.07) is -0.541. The zero-order valence-corrected chi connectivity index (χ0v) is 10.5. The fraction of sp³-hybridized carbons (Fsp3) is 0.833. The molecule has 5 heteroatoms. The van der Waals surface area contributed by atoms with Crippen molar-refractivity contribution in [2.45, 2.75) is 45.6 Å². The van der Waals surface area contributed by atoms with E-state index in [1.165, 1.54) is 0 Å². The van der Waals surface area contributed by atoms with Crippen molar-refractivity contribution in [1.82, 2.24) is 5.32 Å². The summed E-state index contributed by atoms with van der Waals surface area (Å²) in [5, 5.41) is 11.8. The largest absolute Gasteiger partial charge is 0.481 e. The van der Waals surface area contributed by atoms with Crippen LogP contribution in [0.15, 0.2) is 0 Å². The first-order chi connectivity index (χ1) is 7.87. The zero-order valence-electron chi connectivity index (χ0n) is 10.5. The van der Waals surface area contributed by atoms with Crippen LogP contribution in [0.5, 0.6) is 0 Å². The lowest BCUT2D eigenvalue weighted by atomic mass is 9.69. The van der Waals surface area contributed by atoms with E-state index in [4.69, 9.17) is 10.8 Å². The summed E-state index contributed by atoms with van der Waals surface area (Å²) in [6.45, 7) is 4.20. The van der Waals surface area contributed by atoms with Gasteiger partial charge >= 0.3 is 5.97 Å². The molecule has 0 unspecified atom stereocenters. The Bertz CT molecular complexity index is 298. The Morgan fingerprint density at radius 1 is 1.41 bits per heavy atom. The highest BCUT2D eigenvalue weighted by Gasteiger charge is 2.44. The van der Waals surface area contributed by atoms with Crippen molar-refractivity contribution < 1.29 is 14.7 Å². The first-order valence-electron chi connectivity index (χ1n) is 6.14. The van der Waals surface area contributed by atoms with E-state index in [0.29, 0.717) is 25.2 Å². The van der Waals surface area contributed by atoms with Gasteiger partial charge in [0.05, 0.1) is 11.5 Å². The lowest BCUT2D eigenvalue weighted by Gasteiger charge is -2.37. The van der Waals surface area contributed by atoms with Crippen LogP contribution in [0.25, 0.3) is 0 Å². The number of hydrogen-bond donors (Lipinski definition) is 3. The molecule has 0 aromatic rings. The Morgan fingerprint density at radius 2 is 2.00 bits per heavy atom. The van der Waals surface area contributed by atoms with Crippen molar-refractivity contribution in [2.24, 2.45) is 17.1 Å². The average molecular weight is 242 g/mol. The molecule has 0 saturated heterocycles. The lowest BCUT2D eigenvalue weighted by Crippen LogP contribution is -2.51. The van der Waals surface area contributed by atoms with Gasteiger partial charge in [-0.2, -0.15) is 0 Å². The third kappa shape index (κ3) is 3.43. The molecule has 1 aliphatic rings. The number of carbonyl (C=O) groups is 2.